The van der Waals surface area contributed by atoms with Crippen molar-refractivity contribution >= 4 is 41.3 Å². The highest BCUT2D eigenvalue weighted by atomic mass is 127. The molecular weight excluding hydrogens is 483 g/mol. The molecule has 158 valence electrons. The zero-order valence-electron chi connectivity index (χ0n) is 18.0. The van der Waals surface area contributed by atoms with Crippen LogP contribution in [0.2, 0.25) is 0 Å². The van der Waals surface area contributed by atoms with Crippen LogP contribution in [0.1, 0.15) is 56.2 Å². The molecule has 0 bridgehead atoms. The Bertz CT molecular complexity index is 744. The summed E-state index contributed by atoms with van der Waals surface area (Å²) in [7, 11) is 0. The fourth-order valence-corrected chi connectivity index (χ4v) is 3.74. The van der Waals surface area contributed by atoms with E-state index in [-0.39, 0.29) is 29.4 Å². The third-order valence-electron chi connectivity index (χ3n) is 4.20. The van der Waals surface area contributed by atoms with Crippen LogP contribution >= 0.6 is 35.3 Å². The first-order valence-corrected chi connectivity index (χ1v) is 10.7. The van der Waals surface area contributed by atoms with E-state index >= 15 is 0 Å². The van der Waals surface area contributed by atoms with Gasteiger partial charge >= 0.3 is 0 Å². The minimum atomic E-state index is 0. The van der Waals surface area contributed by atoms with Gasteiger partial charge in [0.05, 0.1) is 16.4 Å². The number of nitrogens with one attached hydrogen (secondary N) is 2. The van der Waals surface area contributed by atoms with Gasteiger partial charge in [-0.2, -0.15) is 5.10 Å². The van der Waals surface area contributed by atoms with Crippen molar-refractivity contribution in [3.8, 4) is 0 Å². The molecule has 8 heteroatoms. The van der Waals surface area contributed by atoms with Crippen LogP contribution in [0.5, 0.6) is 0 Å². The van der Waals surface area contributed by atoms with Gasteiger partial charge in [0.1, 0.15) is 0 Å². The van der Waals surface area contributed by atoms with E-state index in [0.717, 1.165) is 50.7 Å². The zero-order valence-corrected chi connectivity index (χ0v) is 21.1. The lowest BCUT2D eigenvalue weighted by atomic mass is 9.93. The third-order valence-corrected chi connectivity index (χ3v) is 5.11. The number of guanidine groups is 1. The molecule has 0 radical (unpaired) electrons. The van der Waals surface area contributed by atoms with Crippen LogP contribution in [0.25, 0.3) is 0 Å². The highest BCUT2D eigenvalue weighted by Gasteiger charge is 2.17. The summed E-state index contributed by atoms with van der Waals surface area (Å²) >= 11 is 1.74. The van der Waals surface area contributed by atoms with E-state index in [1.807, 2.05) is 6.92 Å². The first kappa shape index (κ1) is 24.9. The molecule has 2 aromatic heterocycles. The quantitative estimate of drug-likeness (QED) is 0.240. The molecule has 0 amide bonds. The summed E-state index contributed by atoms with van der Waals surface area (Å²) in [5.41, 5.74) is 3.57. The van der Waals surface area contributed by atoms with Gasteiger partial charge in [-0.3, -0.25) is 9.67 Å². The van der Waals surface area contributed by atoms with Gasteiger partial charge in [0.25, 0.3) is 0 Å². The van der Waals surface area contributed by atoms with Gasteiger partial charge < -0.3 is 10.6 Å². The Hall–Kier alpha value is -1.16. The van der Waals surface area contributed by atoms with E-state index in [9.17, 15) is 0 Å². The van der Waals surface area contributed by atoms with Crippen LogP contribution in [0.15, 0.2) is 16.4 Å². The Labute approximate surface area is 190 Å². The van der Waals surface area contributed by atoms with Crippen LogP contribution in [-0.2, 0) is 18.4 Å². The van der Waals surface area contributed by atoms with E-state index in [4.69, 9.17) is 4.98 Å². The van der Waals surface area contributed by atoms with Crippen LogP contribution in [0.4, 0.5) is 0 Å². The van der Waals surface area contributed by atoms with Crippen molar-refractivity contribution in [2.45, 2.75) is 66.3 Å². The fraction of sp³-hybridized carbons (Fsp3) is 0.650. The average Bonchev–Trinajstić information content (AvgIpc) is 3.18. The Morgan fingerprint density at radius 1 is 1.25 bits per heavy atom. The molecule has 0 aromatic carbocycles. The molecule has 0 aliphatic rings. The van der Waals surface area contributed by atoms with Crippen LogP contribution in [-0.4, -0.2) is 40.4 Å². The summed E-state index contributed by atoms with van der Waals surface area (Å²) in [6.07, 6.45) is 1.89. The van der Waals surface area contributed by atoms with Gasteiger partial charge in [0, 0.05) is 49.1 Å². The Kier molecular flexibility index (Phi) is 10.4. The molecule has 0 fully saturated rings. The maximum absolute atomic E-state index is 4.75. The summed E-state index contributed by atoms with van der Waals surface area (Å²) in [5, 5.41) is 14.6. The second-order valence-corrected chi connectivity index (χ2v) is 8.76. The van der Waals surface area contributed by atoms with Gasteiger partial charge in [-0.25, -0.2) is 4.98 Å². The van der Waals surface area contributed by atoms with Gasteiger partial charge in [-0.05, 0) is 33.3 Å². The third kappa shape index (κ3) is 8.06. The lowest BCUT2D eigenvalue weighted by molar-refractivity contribution is 0.566. The minimum absolute atomic E-state index is 0. The molecular formula is C20H35IN6S. The summed E-state index contributed by atoms with van der Waals surface area (Å²) in [5.74, 6) is 0.874. The van der Waals surface area contributed by atoms with Crippen molar-refractivity contribution in [2.24, 2.45) is 4.99 Å². The molecule has 0 aliphatic carbocycles. The summed E-state index contributed by atoms with van der Waals surface area (Å²) in [6.45, 7) is 16.2. The molecule has 6 nitrogen and oxygen atoms in total. The van der Waals surface area contributed by atoms with Crippen molar-refractivity contribution in [1.82, 2.24) is 25.4 Å². The largest absolute Gasteiger partial charge is 0.357 e. The SMILES string of the molecule is CCNC(=NCCCn1nc(C)cc1C)NCCc1nc(C(C)(C)C)cs1.I. The Morgan fingerprint density at radius 2 is 2.00 bits per heavy atom. The molecule has 0 unspecified atom stereocenters. The second kappa shape index (κ2) is 11.7. The molecule has 2 rings (SSSR count). The molecule has 2 N–H and O–H groups in total. The van der Waals surface area contributed by atoms with Gasteiger partial charge in [0.15, 0.2) is 5.96 Å². The molecule has 0 saturated heterocycles. The summed E-state index contributed by atoms with van der Waals surface area (Å²) in [4.78, 5) is 9.43. The molecule has 0 spiro atoms. The number of hydrogen-bond acceptors (Lipinski definition) is 4. The highest BCUT2D eigenvalue weighted by Crippen LogP contribution is 2.23. The van der Waals surface area contributed by atoms with Crippen molar-refractivity contribution in [2.75, 3.05) is 19.6 Å². The monoisotopic (exact) mass is 518 g/mol. The van der Waals surface area contributed by atoms with Crippen molar-refractivity contribution in [3.63, 3.8) is 0 Å². The minimum Gasteiger partial charge on any atom is -0.357 e. The van der Waals surface area contributed by atoms with Gasteiger partial charge in [0.2, 0.25) is 0 Å². The number of hydrogen-bond donors (Lipinski definition) is 2. The number of rotatable bonds is 8. The van der Waals surface area contributed by atoms with E-state index in [2.05, 4.69) is 71.5 Å². The molecule has 0 saturated carbocycles. The number of nitrogens with zero attached hydrogens (tertiary/aromatic N) is 4. The van der Waals surface area contributed by atoms with Crippen molar-refractivity contribution in [3.05, 3.63) is 33.5 Å². The van der Waals surface area contributed by atoms with Gasteiger partial charge in [-0.15, -0.1) is 35.3 Å². The van der Waals surface area contributed by atoms with Crippen molar-refractivity contribution < 1.29 is 0 Å². The maximum Gasteiger partial charge on any atom is 0.191 e. The standard InChI is InChI=1S/C20H34N6S.HI/c1-7-21-19(22-10-8-12-26-16(3)13-15(2)25-26)23-11-9-18-24-17(14-27-18)20(4,5)6;/h13-14H,7-12H2,1-6H3,(H2,21,22,23);1H. The van der Waals surface area contributed by atoms with Crippen molar-refractivity contribution in [1.29, 1.82) is 0 Å². The number of thiazole rings is 1. The Balaban J connectivity index is 0.00000392. The lowest BCUT2D eigenvalue weighted by Crippen LogP contribution is -2.38. The van der Waals surface area contributed by atoms with E-state index in [0.29, 0.717) is 0 Å². The predicted octanol–water partition coefficient (Wildman–Crippen LogP) is 4.06. The van der Waals surface area contributed by atoms with Crippen LogP contribution in [0.3, 0.4) is 0 Å². The molecule has 0 atom stereocenters. The van der Waals surface area contributed by atoms with E-state index < -0.39 is 0 Å². The lowest BCUT2D eigenvalue weighted by Gasteiger charge is -2.14. The normalized spacial score (nSPS) is 12.0. The average molecular weight is 519 g/mol. The molecule has 28 heavy (non-hydrogen) atoms. The number of halogens is 1. The second-order valence-electron chi connectivity index (χ2n) is 7.82. The van der Waals surface area contributed by atoms with Crippen LogP contribution in [0, 0.1) is 13.8 Å². The maximum atomic E-state index is 4.75. The van der Waals surface area contributed by atoms with Gasteiger partial charge in [-0.1, -0.05) is 20.8 Å². The summed E-state index contributed by atoms with van der Waals surface area (Å²) < 4.78 is 2.06. The smallest absolute Gasteiger partial charge is 0.191 e. The van der Waals surface area contributed by atoms with E-state index in [1.165, 1.54) is 16.4 Å². The highest BCUT2D eigenvalue weighted by molar-refractivity contribution is 14.0. The first-order chi connectivity index (χ1) is 12.8. The molecule has 2 aromatic rings. The fourth-order valence-electron chi connectivity index (χ4n) is 2.71. The molecule has 2 heterocycles. The number of aliphatic imine (C=N–C) groups is 1. The molecule has 0 aliphatic heterocycles. The topological polar surface area (TPSA) is 67.1 Å². The number of aromatic nitrogens is 3. The predicted molar refractivity (Wildman–Crippen MR) is 130 cm³/mol. The first-order valence-electron chi connectivity index (χ1n) is 9.77. The van der Waals surface area contributed by atoms with E-state index in [1.54, 1.807) is 11.3 Å². The Morgan fingerprint density at radius 3 is 2.57 bits per heavy atom. The zero-order chi connectivity index (χ0) is 19.9. The number of aryl methyl sites for hydroxylation is 3. The van der Waals surface area contributed by atoms with Crippen LogP contribution < -0.4 is 10.6 Å². The summed E-state index contributed by atoms with van der Waals surface area (Å²) in [6, 6.07) is 2.11.